The minimum atomic E-state index is -0.826. The molecular weight excluding hydrogens is 479 g/mol. The molecule has 2 rings (SSSR count). The highest BCUT2D eigenvalue weighted by Crippen LogP contribution is 2.30. The lowest BCUT2D eigenvalue weighted by atomic mass is 10.00. The number of amides is 1. The van der Waals surface area contributed by atoms with Crippen LogP contribution in [0, 0.1) is 0 Å². The Labute approximate surface area is 209 Å². The molecule has 0 aliphatic rings. The van der Waals surface area contributed by atoms with E-state index < -0.39 is 29.6 Å². The molecule has 0 bridgehead atoms. The maximum atomic E-state index is 12.9. The van der Waals surface area contributed by atoms with Gasteiger partial charge in [-0.05, 0) is 63.4 Å². The molecule has 0 spiro atoms. The summed E-state index contributed by atoms with van der Waals surface area (Å²) < 4.78 is 5.41. The molecule has 0 fully saturated rings. The quantitative estimate of drug-likeness (QED) is 0.127. The lowest BCUT2D eigenvalue weighted by Gasteiger charge is -2.26. The summed E-state index contributed by atoms with van der Waals surface area (Å²) in [5, 5.41) is 10.0. The van der Waals surface area contributed by atoms with E-state index in [0.717, 1.165) is 16.7 Å². The number of halogens is 2. The van der Waals surface area contributed by atoms with Gasteiger partial charge < -0.3 is 10.6 Å². The Morgan fingerprint density at radius 2 is 1.76 bits per heavy atom. The van der Waals surface area contributed by atoms with E-state index in [4.69, 9.17) is 39.6 Å². The topological polar surface area (TPSA) is 144 Å². The Bertz CT molecular complexity index is 1040. The molecule has 34 heavy (non-hydrogen) atoms. The third-order valence-electron chi connectivity index (χ3n) is 4.67. The fourth-order valence-corrected chi connectivity index (χ4v) is 3.47. The third-order valence-corrected chi connectivity index (χ3v) is 5.23. The molecule has 11 heteroatoms. The van der Waals surface area contributed by atoms with Crippen LogP contribution in [0.1, 0.15) is 33.3 Å². The molecule has 9 nitrogen and oxygen atoms in total. The highest BCUT2D eigenvalue weighted by Gasteiger charge is 2.28. The minimum Gasteiger partial charge on any atom is -0.459 e. The smallest absolute Gasteiger partial charge is 0.323 e. The Morgan fingerprint density at radius 3 is 2.32 bits per heavy atom. The van der Waals surface area contributed by atoms with Gasteiger partial charge in [-0.25, -0.2) is 5.84 Å². The lowest BCUT2D eigenvalue weighted by molar-refractivity contribution is -0.157. The van der Waals surface area contributed by atoms with Crippen LogP contribution >= 0.6 is 23.2 Å². The molecular formula is C23H30Cl2N6O3. The number of rotatable bonds is 7. The fraction of sp³-hybridized carbons (Fsp3) is 0.348. The van der Waals surface area contributed by atoms with Crippen LogP contribution in [0.15, 0.2) is 47.6 Å². The number of nitrogens with zero attached hydrogens (tertiary/aromatic N) is 1. The maximum absolute atomic E-state index is 12.9. The highest BCUT2D eigenvalue weighted by molar-refractivity contribution is 6.35. The van der Waals surface area contributed by atoms with Gasteiger partial charge in [-0.2, -0.15) is 0 Å². The van der Waals surface area contributed by atoms with Crippen molar-refractivity contribution < 1.29 is 14.3 Å². The second-order valence-electron chi connectivity index (χ2n) is 8.61. The van der Waals surface area contributed by atoms with Crippen molar-refractivity contribution in [3.63, 3.8) is 0 Å². The van der Waals surface area contributed by atoms with Crippen LogP contribution in [0.4, 0.5) is 0 Å². The number of ether oxygens (including phenoxy) is 1. The molecule has 0 heterocycles. The molecule has 0 aliphatic heterocycles. The van der Waals surface area contributed by atoms with Gasteiger partial charge in [-0.1, -0.05) is 47.5 Å². The predicted molar refractivity (Wildman–Crippen MR) is 135 cm³/mol. The van der Waals surface area contributed by atoms with Crippen molar-refractivity contribution >= 4 is 41.0 Å². The zero-order chi connectivity index (χ0) is 25.5. The van der Waals surface area contributed by atoms with Gasteiger partial charge in [0.15, 0.2) is 0 Å². The van der Waals surface area contributed by atoms with Gasteiger partial charge in [0, 0.05) is 15.6 Å². The molecule has 2 aromatic rings. The average Bonchev–Trinajstić information content (AvgIpc) is 2.77. The number of carbonyl (C=O) groups is 2. The van der Waals surface area contributed by atoms with Crippen molar-refractivity contribution in [3.05, 3.63) is 58.1 Å². The summed E-state index contributed by atoms with van der Waals surface area (Å²) in [6.45, 7) is 6.93. The van der Waals surface area contributed by atoms with Gasteiger partial charge in [-0.15, -0.1) is 5.10 Å². The summed E-state index contributed by atoms with van der Waals surface area (Å²) in [5.74, 6) is 9.43. The molecule has 0 aromatic heterocycles. The van der Waals surface area contributed by atoms with E-state index in [1.807, 2.05) is 24.3 Å². The van der Waals surface area contributed by atoms with Crippen molar-refractivity contribution in [1.29, 1.82) is 0 Å². The number of nitrogens with two attached hydrogens (primary N) is 2. The van der Waals surface area contributed by atoms with Crippen LogP contribution in [0.5, 0.6) is 0 Å². The number of hydrazine groups is 1. The van der Waals surface area contributed by atoms with Gasteiger partial charge in [0.2, 0.25) is 11.9 Å². The van der Waals surface area contributed by atoms with E-state index in [1.54, 1.807) is 45.9 Å². The van der Waals surface area contributed by atoms with Crippen molar-refractivity contribution in [2.24, 2.45) is 16.8 Å². The number of hydrazone groups is 1. The van der Waals surface area contributed by atoms with Crippen molar-refractivity contribution in [3.8, 4) is 11.1 Å². The number of hydrogen-bond acceptors (Lipinski definition) is 7. The zero-order valence-electron chi connectivity index (χ0n) is 19.5. The summed E-state index contributed by atoms with van der Waals surface area (Å²) in [7, 11) is 0. The van der Waals surface area contributed by atoms with E-state index in [-0.39, 0.29) is 12.4 Å². The number of guanidine groups is 1. The predicted octanol–water partition coefficient (Wildman–Crippen LogP) is 2.70. The highest BCUT2D eigenvalue weighted by atomic mass is 35.5. The molecule has 0 saturated heterocycles. The first-order chi connectivity index (χ1) is 15.9. The van der Waals surface area contributed by atoms with Crippen molar-refractivity contribution in [2.75, 3.05) is 0 Å². The lowest BCUT2D eigenvalue weighted by Crippen LogP contribution is -2.55. The minimum absolute atomic E-state index is 0.118. The number of nitrogens with one attached hydrogen (secondary N) is 3. The summed E-state index contributed by atoms with van der Waals surface area (Å²) in [5.41, 5.74) is 4.03. The molecule has 0 unspecified atom stereocenters. The summed E-state index contributed by atoms with van der Waals surface area (Å²) in [6.07, 6.45) is 0.255. The Hall–Kier alpha value is -2.85. The van der Waals surface area contributed by atoms with Gasteiger partial charge in [0.05, 0.1) is 6.04 Å². The van der Waals surface area contributed by atoms with Gasteiger partial charge >= 0.3 is 5.97 Å². The molecule has 7 N–H and O–H groups in total. The SMILES string of the molecule is C[C@H](N[C@@H](Cc1ccc(-c2cc(Cl)ccc2Cl)cc1)C(=O)N/C(=N/N)NN)C(=O)OC(C)(C)C. The molecule has 184 valence electrons. The Balaban J connectivity index is 2.24. The third kappa shape index (κ3) is 8.18. The number of hydrogen-bond donors (Lipinski definition) is 5. The maximum Gasteiger partial charge on any atom is 0.323 e. The van der Waals surface area contributed by atoms with Crippen LogP contribution in [0.3, 0.4) is 0 Å². The summed E-state index contributed by atoms with van der Waals surface area (Å²) in [4.78, 5) is 25.3. The second-order valence-corrected chi connectivity index (χ2v) is 9.45. The van der Waals surface area contributed by atoms with E-state index in [0.29, 0.717) is 10.0 Å². The van der Waals surface area contributed by atoms with Gasteiger partial charge in [-0.3, -0.25) is 25.6 Å². The second kappa shape index (κ2) is 12.0. The largest absolute Gasteiger partial charge is 0.459 e. The van der Waals surface area contributed by atoms with E-state index >= 15 is 0 Å². The van der Waals surface area contributed by atoms with Crippen molar-refractivity contribution in [2.45, 2.75) is 51.8 Å². The molecule has 0 radical (unpaired) electrons. The first kappa shape index (κ1) is 27.4. The van der Waals surface area contributed by atoms with Crippen molar-refractivity contribution in [1.82, 2.24) is 16.1 Å². The van der Waals surface area contributed by atoms with Crippen LogP contribution in [0.2, 0.25) is 10.0 Å². The molecule has 0 aliphatic carbocycles. The summed E-state index contributed by atoms with van der Waals surface area (Å²) >= 11 is 12.4. The molecule has 2 atom stereocenters. The van der Waals surface area contributed by atoms with Gasteiger partial charge in [0.25, 0.3) is 0 Å². The summed E-state index contributed by atoms with van der Waals surface area (Å²) in [6, 6.07) is 11.1. The molecule has 2 aromatic carbocycles. The van der Waals surface area contributed by atoms with E-state index in [1.165, 1.54) is 0 Å². The Morgan fingerprint density at radius 1 is 1.12 bits per heavy atom. The van der Waals surface area contributed by atoms with Crippen LogP contribution < -0.4 is 27.7 Å². The van der Waals surface area contributed by atoms with E-state index in [9.17, 15) is 9.59 Å². The Kier molecular flexibility index (Phi) is 9.69. The first-order valence-corrected chi connectivity index (χ1v) is 11.3. The monoisotopic (exact) mass is 508 g/mol. The first-order valence-electron chi connectivity index (χ1n) is 10.5. The van der Waals surface area contributed by atoms with E-state index in [2.05, 4.69) is 21.2 Å². The molecule has 1 amide bonds. The van der Waals surface area contributed by atoms with Crippen LogP contribution in [-0.2, 0) is 20.7 Å². The average molecular weight is 509 g/mol. The standard InChI is InChI=1S/C23H30Cl2N6O3/c1-13(21(33)34-23(2,3)4)28-19(20(32)29-22(30-26)31-27)11-14-5-7-15(8-6-14)17-12-16(24)9-10-18(17)25/h5-10,12-13,19,28H,11,26-27H2,1-4H3,(H2,29,30,31,32)/t13-,19-/m0/s1. The normalized spacial score (nSPS) is 13.7. The fourth-order valence-electron chi connectivity index (χ4n) is 3.07. The molecule has 0 saturated carbocycles. The number of carbonyl (C=O) groups excluding carboxylic acids is 2. The number of benzene rings is 2. The number of esters is 1. The zero-order valence-corrected chi connectivity index (χ0v) is 21.0. The van der Waals surface area contributed by atoms with Crippen LogP contribution in [0.25, 0.3) is 11.1 Å². The van der Waals surface area contributed by atoms with Gasteiger partial charge in [0.1, 0.15) is 11.6 Å². The van der Waals surface area contributed by atoms with Crippen LogP contribution in [-0.4, -0.2) is 35.5 Å².